The number of amides is 2. The van der Waals surface area contributed by atoms with Gasteiger partial charge in [-0.15, -0.1) is 0 Å². The van der Waals surface area contributed by atoms with Gasteiger partial charge in [0.2, 0.25) is 11.8 Å². The van der Waals surface area contributed by atoms with Crippen molar-refractivity contribution in [2.45, 2.75) is 90.5 Å². The minimum absolute atomic E-state index is 0.00484. The number of rotatable bonds is 12. The Morgan fingerprint density at radius 3 is 2.40 bits per heavy atom. The Balaban J connectivity index is 2.43. The van der Waals surface area contributed by atoms with E-state index in [9.17, 15) is 9.59 Å². The first-order chi connectivity index (χ1) is 12.2. The van der Waals surface area contributed by atoms with Crippen LogP contribution >= 0.6 is 0 Å². The van der Waals surface area contributed by atoms with Crippen LogP contribution in [0.15, 0.2) is 0 Å². The summed E-state index contributed by atoms with van der Waals surface area (Å²) in [7, 11) is 0. The fraction of sp³-hybridized carbons (Fsp3) is 0.900. The maximum Gasteiger partial charge on any atom is 0.244 e. The lowest BCUT2D eigenvalue weighted by Crippen LogP contribution is -2.52. The summed E-state index contributed by atoms with van der Waals surface area (Å²) in [6.07, 6.45) is 11.8. The molecule has 1 aliphatic heterocycles. The average molecular weight is 354 g/mol. The van der Waals surface area contributed by atoms with E-state index in [0.29, 0.717) is 26.1 Å². The van der Waals surface area contributed by atoms with Gasteiger partial charge >= 0.3 is 0 Å². The van der Waals surface area contributed by atoms with E-state index < -0.39 is 0 Å². The van der Waals surface area contributed by atoms with Gasteiger partial charge in [-0.25, -0.2) is 0 Å². The average Bonchev–Trinajstić information content (AvgIpc) is 2.87. The fourth-order valence-electron chi connectivity index (χ4n) is 3.32. The van der Waals surface area contributed by atoms with Crippen molar-refractivity contribution in [1.29, 1.82) is 0 Å². The molecule has 0 spiro atoms. The van der Waals surface area contributed by atoms with Gasteiger partial charge in [0.15, 0.2) is 0 Å². The minimum Gasteiger partial charge on any atom is -0.354 e. The van der Waals surface area contributed by atoms with E-state index in [1.54, 1.807) is 0 Å². The smallest absolute Gasteiger partial charge is 0.244 e. The predicted molar refractivity (Wildman–Crippen MR) is 104 cm³/mol. The van der Waals surface area contributed by atoms with Gasteiger partial charge < -0.3 is 15.5 Å². The summed E-state index contributed by atoms with van der Waals surface area (Å²) in [4.78, 5) is 27.0. The number of hydrogen-bond acceptors (Lipinski definition) is 3. The maximum atomic E-state index is 12.6. The maximum absolute atomic E-state index is 12.6. The molecule has 1 atom stereocenters. The molecule has 1 fully saturated rings. The number of nitrogens with zero attached hydrogens (tertiary/aromatic N) is 1. The van der Waals surface area contributed by atoms with Gasteiger partial charge in [-0.3, -0.25) is 9.59 Å². The Hall–Kier alpha value is -1.10. The number of unbranched alkanes of at least 4 members (excludes halogenated alkanes) is 7. The molecule has 0 aromatic rings. The second-order valence-corrected chi connectivity index (χ2v) is 7.18. The van der Waals surface area contributed by atoms with E-state index in [1.807, 2.05) is 4.90 Å². The first-order valence-electron chi connectivity index (χ1n) is 10.5. The molecule has 5 nitrogen and oxygen atoms in total. The van der Waals surface area contributed by atoms with Crippen LogP contribution in [0.4, 0.5) is 0 Å². The van der Waals surface area contributed by atoms with Crippen LogP contribution in [0.2, 0.25) is 0 Å². The van der Waals surface area contributed by atoms with Crippen molar-refractivity contribution in [3.8, 4) is 0 Å². The van der Waals surface area contributed by atoms with Crippen LogP contribution in [-0.2, 0) is 9.59 Å². The van der Waals surface area contributed by atoms with E-state index in [4.69, 9.17) is 0 Å². The third kappa shape index (κ3) is 9.24. The third-order valence-electron chi connectivity index (χ3n) is 4.91. The van der Waals surface area contributed by atoms with Crippen molar-refractivity contribution in [1.82, 2.24) is 15.5 Å². The molecule has 2 amide bonds. The zero-order chi connectivity index (χ0) is 18.3. The topological polar surface area (TPSA) is 61.4 Å². The molecule has 25 heavy (non-hydrogen) atoms. The molecule has 0 aromatic carbocycles. The summed E-state index contributed by atoms with van der Waals surface area (Å²) in [5, 5.41) is 6.34. The summed E-state index contributed by atoms with van der Waals surface area (Å²) in [5.74, 6) is 0.150. The van der Waals surface area contributed by atoms with Crippen molar-refractivity contribution in [3.05, 3.63) is 0 Å². The number of carbonyl (C=O) groups is 2. The zero-order valence-electron chi connectivity index (χ0n) is 16.4. The van der Waals surface area contributed by atoms with Gasteiger partial charge in [-0.2, -0.15) is 0 Å². The molecule has 1 aliphatic rings. The van der Waals surface area contributed by atoms with Crippen LogP contribution < -0.4 is 10.6 Å². The number of hydrogen-bond donors (Lipinski definition) is 2. The molecular weight excluding hydrogens is 314 g/mol. The molecule has 0 bridgehead atoms. The molecule has 5 heteroatoms. The van der Waals surface area contributed by atoms with Crippen molar-refractivity contribution < 1.29 is 9.59 Å². The van der Waals surface area contributed by atoms with E-state index >= 15 is 0 Å². The highest BCUT2D eigenvalue weighted by molar-refractivity contribution is 5.88. The quantitative estimate of drug-likeness (QED) is 0.530. The van der Waals surface area contributed by atoms with Gasteiger partial charge in [0.05, 0.1) is 0 Å². The van der Waals surface area contributed by atoms with E-state index in [2.05, 4.69) is 24.5 Å². The summed E-state index contributed by atoms with van der Waals surface area (Å²) in [6.45, 7) is 7.23. The third-order valence-corrected chi connectivity index (χ3v) is 4.91. The second-order valence-electron chi connectivity index (χ2n) is 7.18. The van der Waals surface area contributed by atoms with Crippen LogP contribution in [-0.4, -0.2) is 48.9 Å². The molecule has 146 valence electrons. The first-order valence-corrected chi connectivity index (χ1v) is 10.5. The molecule has 1 saturated heterocycles. The molecule has 0 radical (unpaired) electrons. The summed E-state index contributed by atoms with van der Waals surface area (Å²) in [5.41, 5.74) is 0. The van der Waals surface area contributed by atoms with E-state index in [0.717, 1.165) is 38.6 Å². The lowest BCUT2D eigenvalue weighted by molar-refractivity contribution is -0.140. The molecule has 2 N–H and O–H groups in total. The van der Waals surface area contributed by atoms with Crippen molar-refractivity contribution in [3.63, 3.8) is 0 Å². The lowest BCUT2D eigenvalue weighted by atomic mass is 10.1. The van der Waals surface area contributed by atoms with Gasteiger partial charge in [-0.1, -0.05) is 58.8 Å². The Bertz CT molecular complexity index is 340. The SMILES string of the molecule is CCCCCCCC(=O)N1CCCNCC1C(=O)NCCCCCC. The Morgan fingerprint density at radius 2 is 1.68 bits per heavy atom. The first kappa shape index (κ1) is 21.9. The van der Waals surface area contributed by atoms with Crippen LogP contribution in [0.25, 0.3) is 0 Å². The number of nitrogens with one attached hydrogen (secondary N) is 2. The fourth-order valence-corrected chi connectivity index (χ4v) is 3.32. The highest BCUT2D eigenvalue weighted by atomic mass is 16.2. The van der Waals surface area contributed by atoms with Crippen molar-refractivity contribution in [2.75, 3.05) is 26.2 Å². The molecule has 0 saturated carbocycles. The molecule has 1 rings (SSSR count). The van der Waals surface area contributed by atoms with Crippen LogP contribution in [0.5, 0.6) is 0 Å². The predicted octanol–water partition coefficient (Wildman–Crippen LogP) is 3.23. The molecule has 1 heterocycles. The number of carbonyl (C=O) groups excluding carboxylic acids is 2. The van der Waals surface area contributed by atoms with E-state index in [-0.39, 0.29) is 17.9 Å². The van der Waals surface area contributed by atoms with Gasteiger partial charge in [0.25, 0.3) is 0 Å². The Labute approximate surface area is 154 Å². The summed E-state index contributed by atoms with van der Waals surface area (Å²) >= 11 is 0. The van der Waals surface area contributed by atoms with Crippen LogP contribution in [0.1, 0.15) is 84.5 Å². The van der Waals surface area contributed by atoms with Gasteiger partial charge in [0.1, 0.15) is 6.04 Å². The Kier molecular flexibility index (Phi) is 12.4. The summed E-state index contributed by atoms with van der Waals surface area (Å²) in [6, 6.07) is -0.350. The summed E-state index contributed by atoms with van der Waals surface area (Å²) < 4.78 is 0. The van der Waals surface area contributed by atoms with Crippen LogP contribution in [0, 0.1) is 0 Å². The minimum atomic E-state index is -0.350. The van der Waals surface area contributed by atoms with Gasteiger partial charge in [0, 0.05) is 26.1 Å². The van der Waals surface area contributed by atoms with Crippen LogP contribution in [0.3, 0.4) is 0 Å². The molecule has 0 aliphatic carbocycles. The van der Waals surface area contributed by atoms with Crippen molar-refractivity contribution in [2.24, 2.45) is 0 Å². The normalized spacial score (nSPS) is 18.0. The monoisotopic (exact) mass is 353 g/mol. The van der Waals surface area contributed by atoms with E-state index in [1.165, 1.54) is 32.1 Å². The molecular formula is C20H39N3O2. The highest BCUT2D eigenvalue weighted by Gasteiger charge is 2.30. The Morgan fingerprint density at radius 1 is 1.00 bits per heavy atom. The second kappa shape index (κ2) is 14.1. The molecule has 1 unspecified atom stereocenters. The highest BCUT2D eigenvalue weighted by Crippen LogP contribution is 2.12. The zero-order valence-corrected chi connectivity index (χ0v) is 16.4. The standard InChI is InChI=1S/C20H39N3O2/c1-3-5-7-9-10-13-19(24)23-16-12-14-21-17-18(23)20(25)22-15-11-8-6-4-2/h18,21H,3-17H2,1-2H3,(H,22,25). The largest absolute Gasteiger partial charge is 0.354 e. The van der Waals surface area contributed by atoms with Gasteiger partial charge in [-0.05, 0) is 25.8 Å². The lowest BCUT2D eigenvalue weighted by Gasteiger charge is -2.29. The molecule has 0 aromatic heterocycles. The van der Waals surface area contributed by atoms with Crippen molar-refractivity contribution >= 4 is 11.8 Å².